The number of ether oxygens (including phenoxy) is 2. The molecule has 0 aliphatic carbocycles. The third kappa shape index (κ3) is 7.38. The molecular formula is C27H33NO3. The Morgan fingerprint density at radius 2 is 1.71 bits per heavy atom. The maximum Gasteiger partial charge on any atom is 0.349 e. The van der Waals surface area contributed by atoms with Crippen LogP contribution >= 0.6 is 0 Å². The second-order valence-electron chi connectivity index (χ2n) is 7.68. The van der Waals surface area contributed by atoms with E-state index in [9.17, 15) is 10.1 Å². The Labute approximate surface area is 186 Å². The van der Waals surface area contributed by atoms with Crippen LogP contribution in [0.1, 0.15) is 56.2 Å². The van der Waals surface area contributed by atoms with Crippen molar-refractivity contribution in [2.45, 2.75) is 46.0 Å². The van der Waals surface area contributed by atoms with Gasteiger partial charge in [-0.3, -0.25) is 0 Å². The lowest BCUT2D eigenvalue weighted by Crippen LogP contribution is -2.16. The van der Waals surface area contributed by atoms with Crippen molar-refractivity contribution < 1.29 is 14.3 Å². The van der Waals surface area contributed by atoms with Gasteiger partial charge in [0, 0.05) is 12.7 Å². The molecule has 0 bridgehead atoms. The van der Waals surface area contributed by atoms with Crippen molar-refractivity contribution in [1.29, 1.82) is 5.26 Å². The zero-order valence-electron chi connectivity index (χ0n) is 18.9. The Morgan fingerprint density at radius 1 is 1.03 bits per heavy atom. The number of carbonyl (C=O) groups excluding carboxylic acids is 1. The predicted molar refractivity (Wildman–Crippen MR) is 124 cm³/mol. The summed E-state index contributed by atoms with van der Waals surface area (Å²) in [6.45, 7) is 5.25. The molecule has 0 amide bonds. The van der Waals surface area contributed by atoms with Gasteiger partial charge in [0.15, 0.2) is 0 Å². The molecule has 0 aromatic heterocycles. The highest BCUT2D eigenvalue weighted by Crippen LogP contribution is 2.28. The Balaban J connectivity index is 2.36. The first kappa shape index (κ1) is 24.4. The number of nitriles is 1. The molecule has 1 unspecified atom stereocenters. The lowest BCUT2D eigenvalue weighted by atomic mass is 9.92. The number of rotatable bonds is 12. The van der Waals surface area contributed by atoms with Crippen molar-refractivity contribution in [3.8, 4) is 6.07 Å². The van der Waals surface area contributed by atoms with E-state index in [4.69, 9.17) is 9.47 Å². The van der Waals surface area contributed by atoms with Gasteiger partial charge in [0.05, 0.1) is 13.2 Å². The maximum absolute atomic E-state index is 12.9. The summed E-state index contributed by atoms with van der Waals surface area (Å²) in [5.41, 5.74) is 3.42. The van der Waals surface area contributed by atoms with Crippen LogP contribution in [0.25, 0.3) is 5.57 Å². The standard InChI is InChI=1S/C27H33NO3/c1-4-6-10-21(5-2)20-31-27(29)25(19-28)26(23-11-8-7-9-12-23)24-15-13-22(14-16-24)17-18-30-3/h7-9,11-16,21H,4-6,10,17-18,20H2,1-3H3. The minimum Gasteiger partial charge on any atom is -0.461 e. The molecule has 0 spiro atoms. The van der Waals surface area contributed by atoms with E-state index in [1.54, 1.807) is 7.11 Å². The van der Waals surface area contributed by atoms with Crippen LogP contribution in [0.2, 0.25) is 0 Å². The number of esters is 1. The predicted octanol–water partition coefficient (Wildman–Crippen LogP) is 5.96. The Morgan fingerprint density at radius 3 is 2.29 bits per heavy atom. The number of methoxy groups -OCH3 is 1. The van der Waals surface area contributed by atoms with Crippen LogP contribution in [-0.4, -0.2) is 26.3 Å². The number of hydrogen-bond acceptors (Lipinski definition) is 4. The Hall–Kier alpha value is -2.90. The van der Waals surface area contributed by atoms with E-state index >= 15 is 0 Å². The molecule has 0 saturated carbocycles. The first-order valence-corrected chi connectivity index (χ1v) is 11.1. The molecule has 0 heterocycles. The SMILES string of the molecule is CCCCC(CC)COC(=O)C(C#N)=C(c1ccccc1)c1ccc(CCOC)cc1. The highest BCUT2D eigenvalue weighted by atomic mass is 16.5. The topological polar surface area (TPSA) is 59.3 Å². The smallest absolute Gasteiger partial charge is 0.349 e. The second-order valence-corrected chi connectivity index (χ2v) is 7.68. The van der Waals surface area contributed by atoms with E-state index in [1.165, 1.54) is 0 Å². The monoisotopic (exact) mass is 419 g/mol. The molecule has 1 atom stereocenters. The Kier molecular flexibility index (Phi) is 10.5. The minimum atomic E-state index is -0.556. The molecule has 164 valence electrons. The van der Waals surface area contributed by atoms with Gasteiger partial charge in [-0.2, -0.15) is 5.26 Å². The van der Waals surface area contributed by atoms with Gasteiger partial charge in [-0.1, -0.05) is 87.7 Å². The van der Waals surface area contributed by atoms with Gasteiger partial charge in [0.1, 0.15) is 11.6 Å². The summed E-state index contributed by atoms with van der Waals surface area (Å²) in [4.78, 5) is 12.9. The van der Waals surface area contributed by atoms with E-state index in [0.29, 0.717) is 24.7 Å². The van der Waals surface area contributed by atoms with E-state index in [0.717, 1.165) is 48.8 Å². The molecule has 4 nitrogen and oxygen atoms in total. The molecule has 0 aliphatic heterocycles. The minimum absolute atomic E-state index is 0.0428. The molecule has 0 radical (unpaired) electrons. The lowest BCUT2D eigenvalue weighted by Gasteiger charge is -2.16. The molecule has 4 heteroatoms. The molecule has 0 N–H and O–H groups in total. The van der Waals surface area contributed by atoms with E-state index in [-0.39, 0.29) is 5.57 Å². The molecule has 0 aliphatic rings. The average molecular weight is 420 g/mol. The lowest BCUT2D eigenvalue weighted by molar-refractivity contribution is -0.139. The van der Waals surface area contributed by atoms with Crippen LogP contribution in [0.5, 0.6) is 0 Å². The van der Waals surface area contributed by atoms with Crippen molar-refractivity contribution in [2.75, 3.05) is 20.3 Å². The summed E-state index contributed by atoms with van der Waals surface area (Å²) in [5, 5.41) is 9.90. The molecule has 31 heavy (non-hydrogen) atoms. The fourth-order valence-corrected chi connectivity index (χ4v) is 3.49. The van der Waals surface area contributed by atoms with Crippen LogP contribution in [-0.2, 0) is 20.7 Å². The number of unbranched alkanes of at least 4 members (excludes halogenated alkanes) is 1. The fourth-order valence-electron chi connectivity index (χ4n) is 3.49. The summed E-state index contributed by atoms with van der Waals surface area (Å²) >= 11 is 0. The van der Waals surface area contributed by atoms with Crippen LogP contribution in [0, 0.1) is 17.2 Å². The van der Waals surface area contributed by atoms with Crippen molar-refractivity contribution in [3.63, 3.8) is 0 Å². The number of benzene rings is 2. The zero-order valence-corrected chi connectivity index (χ0v) is 18.9. The van der Waals surface area contributed by atoms with E-state index in [1.807, 2.05) is 54.6 Å². The van der Waals surface area contributed by atoms with Crippen LogP contribution < -0.4 is 0 Å². The summed E-state index contributed by atoms with van der Waals surface area (Å²) in [6.07, 6.45) is 5.02. The number of nitrogens with zero attached hydrogens (tertiary/aromatic N) is 1. The van der Waals surface area contributed by atoms with Gasteiger partial charge >= 0.3 is 5.97 Å². The molecule has 0 saturated heterocycles. The first-order chi connectivity index (χ1) is 15.1. The highest BCUT2D eigenvalue weighted by molar-refractivity contribution is 6.05. The number of carbonyl (C=O) groups is 1. The summed E-state index contributed by atoms with van der Waals surface area (Å²) < 4.78 is 10.8. The van der Waals surface area contributed by atoms with Crippen LogP contribution in [0.3, 0.4) is 0 Å². The van der Waals surface area contributed by atoms with E-state index < -0.39 is 5.97 Å². The molecule has 2 rings (SSSR count). The third-order valence-electron chi connectivity index (χ3n) is 5.46. The fraction of sp³-hybridized carbons (Fsp3) is 0.407. The first-order valence-electron chi connectivity index (χ1n) is 11.1. The molecule has 0 fully saturated rings. The maximum atomic E-state index is 12.9. The van der Waals surface area contributed by atoms with Crippen molar-refractivity contribution in [2.24, 2.45) is 5.92 Å². The van der Waals surface area contributed by atoms with Crippen molar-refractivity contribution in [1.82, 2.24) is 0 Å². The summed E-state index contributed by atoms with van der Waals surface area (Å²) in [5.74, 6) is -0.233. The van der Waals surface area contributed by atoms with Gasteiger partial charge in [-0.25, -0.2) is 4.79 Å². The van der Waals surface area contributed by atoms with E-state index in [2.05, 4.69) is 19.9 Å². The largest absolute Gasteiger partial charge is 0.461 e. The molecule has 2 aromatic carbocycles. The number of hydrogen-bond donors (Lipinski definition) is 0. The normalized spacial score (nSPS) is 12.6. The van der Waals surface area contributed by atoms with Gasteiger partial charge in [0.25, 0.3) is 0 Å². The van der Waals surface area contributed by atoms with Gasteiger partial charge in [0.2, 0.25) is 0 Å². The molecule has 2 aromatic rings. The third-order valence-corrected chi connectivity index (χ3v) is 5.46. The molecular weight excluding hydrogens is 386 g/mol. The van der Waals surface area contributed by atoms with Crippen LogP contribution in [0.4, 0.5) is 0 Å². The quantitative estimate of drug-likeness (QED) is 0.242. The van der Waals surface area contributed by atoms with Gasteiger partial charge in [-0.15, -0.1) is 0 Å². The second kappa shape index (κ2) is 13.4. The van der Waals surface area contributed by atoms with Crippen molar-refractivity contribution in [3.05, 3.63) is 76.9 Å². The van der Waals surface area contributed by atoms with Crippen LogP contribution in [0.15, 0.2) is 60.2 Å². The van der Waals surface area contributed by atoms with Gasteiger partial charge < -0.3 is 9.47 Å². The highest BCUT2D eigenvalue weighted by Gasteiger charge is 2.21. The van der Waals surface area contributed by atoms with Gasteiger partial charge in [-0.05, 0) is 35.4 Å². The zero-order chi connectivity index (χ0) is 22.5. The average Bonchev–Trinajstić information content (AvgIpc) is 2.82. The summed E-state index contributed by atoms with van der Waals surface area (Å²) in [7, 11) is 1.68. The Bertz CT molecular complexity index is 879. The summed E-state index contributed by atoms with van der Waals surface area (Å²) in [6, 6.07) is 19.6. The van der Waals surface area contributed by atoms with Crippen molar-refractivity contribution >= 4 is 11.5 Å².